The first-order valence-corrected chi connectivity index (χ1v) is 30.1. The molecule has 0 atom stereocenters. The van der Waals surface area contributed by atoms with Crippen molar-refractivity contribution in [2.45, 2.75) is 130 Å². The van der Waals surface area contributed by atoms with Gasteiger partial charge in [0, 0.05) is 61.0 Å². The number of hydrogen-bond donors (Lipinski definition) is 4. The van der Waals surface area contributed by atoms with Crippen molar-refractivity contribution in [3.8, 4) is 11.5 Å². The second-order valence-corrected chi connectivity index (χ2v) is 25.0. The van der Waals surface area contributed by atoms with Gasteiger partial charge in [0.05, 0.1) is 42.6 Å². The number of fused-ring (bicyclic) bond motifs is 1. The van der Waals surface area contributed by atoms with E-state index in [1.807, 2.05) is 41.5 Å². The highest BCUT2D eigenvalue weighted by molar-refractivity contribution is 6.09. The number of carbonyl (C=O) groups is 5. The Balaban J connectivity index is 0.000000163. The predicted molar refractivity (Wildman–Crippen MR) is 336 cm³/mol. The van der Waals surface area contributed by atoms with Crippen LogP contribution in [-0.2, 0) is 72.4 Å². The molecule has 92 heavy (non-hydrogen) atoms. The van der Waals surface area contributed by atoms with E-state index in [9.17, 15) is 56.9 Å². The number of ether oxygens (including phenoxy) is 3. The molecule has 0 spiro atoms. The number of anilines is 1. The molecule has 3 aliphatic rings. The highest BCUT2D eigenvalue weighted by atomic mass is 19.1. The van der Waals surface area contributed by atoms with Crippen LogP contribution in [0, 0.1) is 17.5 Å². The number of esters is 3. The number of nitrogens with zero attached hydrogens (tertiary/aromatic N) is 6. The second kappa shape index (κ2) is 26.6. The molecule has 3 aromatic carbocycles. The first kappa shape index (κ1) is 66.6. The van der Waals surface area contributed by atoms with E-state index in [-0.39, 0.29) is 84.3 Å². The second-order valence-electron chi connectivity index (χ2n) is 25.0. The quantitative estimate of drug-likeness (QED) is 0.0399. The molecule has 0 radical (unpaired) electrons. The van der Waals surface area contributed by atoms with Gasteiger partial charge in [-0.3, -0.25) is 33.9 Å². The maximum absolute atomic E-state index is 13.4. The molecule has 3 aliphatic heterocycles. The van der Waals surface area contributed by atoms with Crippen LogP contribution in [0.3, 0.4) is 0 Å². The molecule has 20 nitrogen and oxygen atoms in total. The molecule has 0 bridgehead atoms. The molecule has 482 valence electrons. The summed E-state index contributed by atoms with van der Waals surface area (Å²) in [5.74, 6) is -5.21. The molecular weight excluding hydrogens is 1190 g/mol. The standard InChI is InChI=1S/C25H29FN2O5.C22H22FN3O4.C22H21FN2O4/c1-6-32-20(30)12-19(29)28-14-25(4,5)21-17(11-16-7-9-18(26)10-8-16)13-27-22(23(21)28)24(31)33-15(2)3;1-22(2)11-26-18-16(22)13(9-12-3-5-14(23)6-4-12)10-25-17(18)19(28)15(21(26)30)20(29)24-7-8-27;1-4-29-21(28)15-19(26)17-18-16(22(2,3)11-25(18)20(15)27)13(10-24-17)9-12-5-7-14(23)8-6-12/h7-10,13,15H,6,11-12,14H2,1-5H3;3-6,10,27-28H,7-9,11H2,1-2H3,(H,24,29);5-8,10,26H,4,9,11H2,1-3H3. The highest BCUT2D eigenvalue weighted by Gasteiger charge is 2.45. The molecule has 0 saturated carbocycles. The Morgan fingerprint density at radius 2 is 1.00 bits per heavy atom. The molecule has 2 amide bonds. The van der Waals surface area contributed by atoms with Crippen molar-refractivity contribution in [3.63, 3.8) is 0 Å². The van der Waals surface area contributed by atoms with E-state index >= 15 is 0 Å². The third-order valence-electron chi connectivity index (χ3n) is 16.2. The number of halogens is 3. The average Bonchev–Trinajstić information content (AvgIpc) is 1.58. The van der Waals surface area contributed by atoms with Crippen molar-refractivity contribution < 1.29 is 66.7 Å². The monoisotopic (exact) mass is 1260 g/mol. The number of pyridine rings is 5. The fourth-order valence-corrected chi connectivity index (χ4v) is 12.5. The number of benzene rings is 3. The molecule has 5 aromatic heterocycles. The van der Waals surface area contributed by atoms with Gasteiger partial charge in [-0.1, -0.05) is 77.9 Å². The van der Waals surface area contributed by atoms with Gasteiger partial charge >= 0.3 is 17.9 Å². The van der Waals surface area contributed by atoms with Crippen LogP contribution in [-0.4, -0.2) is 108 Å². The number of amides is 2. The first-order valence-electron chi connectivity index (χ1n) is 30.1. The zero-order valence-corrected chi connectivity index (χ0v) is 52.8. The number of nitrogens with one attached hydrogen (secondary N) is 1. The van der Waals surface area contributed by atoms with Crippen molar-refractivity contribution in [1.29, 1.82) is 0 Å². The fraction of sp³-hybridized carbons (Fsp3) is 0.362. The zero-order chi connectivity index (χ0) is 66.9. The lowest BCUT2D eigenvalue weighted by Gasteiger charge is -2.21. The van der Waals surface area contributed by atoms with Crippen LogP contribution < -0.4 is 21.3 Å². The van der Waals surface area contributed by atoms with Gasteiger partial charge in [0.25, 0.3) is 17.0 Å². The third kappa shape index (κ3) is 13.4. The Kier molecular flexibility index (Phi) is 19.3. The van der Waals surface area contributed by atoms with Gasteiger partial charge in [-0.15, -0.1) is 0 Å². The minimum Gasteiger partial charge on any atom is -0.505 e. The summed E-state index contributed by atoms with van der Waals surface area (Å²) in [6, 6.07) is 18.6. The Labute approximate surface area is 527 Å². The number of carbonyl (C=O) groups excluding carboxylic acids is 5. The van der Waals surface area contributed by atoms with Gasteiger partial charge in [0.15, 0.2) is 22.8 Å². The van der Waals surface area contributed by atoms with Crippen LogP contribution in [0.15, 0.2) is 101 Å². The number of aliphatic hydroxyl groups excluding tert-OH is 1. The Morgan fingerprint density at radius 1 is 0.587 bits per heavy atom. The van der Waals surface area contributed by atoms with Crippen LogP contribution in [0.5, 0.6) is 11.5 Å². The van der Waals surface area contributed by atoms with Crippen LogP contribution in [0.4, 0.5) is 18.9 Å². The van der Waals surface area contributed by atoms with Crippen molar-refractivity contribution >= 4 is 57.5 Å². The maximum atomic E-state index is 13.4. The SMILES string of the molecule is CC1(C)Cn2c(=O)c(C(=O)NCCO)c(O)c3ncc(Cc4ccc(F)cc4)c1c32.CCOC(=O)CC(=O)N1CC(C)(C)c2c(Cc3ccc(F)cc3)cnc(C(=O)OC(C)C)c21.CCOC(=O)c1c(O)c2ncc(Cc3ccc(F)cc3)c3c2n(c1=O)CC3(C)C. The van der Waals surface area contributed by atoms with Gasteiger partial charge in [-0.25, -0.2) is 27.7 Å². The smallest absolute Gasteiger partial charge is 0.359 e. The summed E-state index contributed by atoms with van der Waals surface area (Å²) in [6.45, 7) is 19.6. The molecule has 0 aliphatic carbocycles. The van der Waals surface area contributed by atoms with E-state index in [0.29, 0.717) is 49.1 Å². The summed E-state index contributed by atoms with van der Waals surface area (Å²) in [7, 11) is 0. The number of aliphatic hydroxyl groups is 1. The van der Waals surface area contributed by atoms with Crippen molar-refractivity contribution in [2.75, 3.05) is 37.8 Å². The number of aromatic hydroxyl groups is 2. The number of aromatic nitrogens is 5. The largest absolute Gasteiger partial charge is 0.505 e. The number of hydrogen-bond acceptors (Lipinski definition) is 16. The van der Waals surface area contributed by atoms with E-state index in [4.69, 9.17) is 19.3 Å². The van der Waals surface area contributed by atoms with Crippen molar-refractivity contribution in [2.24, 2.45) is 0 Å². The Morgan fingerprint density at radius 3 is 1.43 bits per heavy atom. The molecule has 23 heteroatoms. The van der Waals surface area contributed by atoms with E-state index in [0.717, 1.165) is 50.1 Å². The molecule has 11 rings (SSSR count). The number of rotatable bonds is 16. The van der Waals surface area contributed by atoms with E-state index < -0.39 is 75.0 Å². The van der Waals surface area contributed by atoms with Crippen LogP contribution >= 0.6 is 0 Å². The lowest BCUT2D eigenvalue weighted by Crippen LogP contribution is -2.36. The molecule has 0 unspecified atom stereocenters. The summed E-state index contributed by atoms with van der Waals surface area (Å²) in [5, 5.41) is 32.7. The summed E-state index contributed by atoms with van der Waals surface area (Å²) in [4.78, 5) is 103. The molecule has 8 aromatic rings. The van der Waals surface area contributed by atoms with Gasteiger partial charge in [0.1, 0.15) is 40.5 Å². The van der Waals surface area contributed by atoms with E-state index in [2.05, 4.69) is 20.3 Å². The first-order chi connectivity index (χ1) is 43.5. The Bertz CT molecular complexity index is 4350. The summed E-state index contributed by atoms with van der Waals surface area (Å²) in [6.07, 6.45) is 5.54. The lowest BCUT2D eigenvalue weighted by atomic mass is 9.82. The predicted octanol–water partition coefficient (Wildman–Crippen LogP) is 9.10. The molecule has 0 fully saturated rings. The van der Waals surface area contributed by atoms with Gasteiger partial charge in [0.2, 0.25) is 5.91 Å². The fourth-order valence-electron chi connectivity index (χ4n) is 12.5. The van der Waals surface area contributed by atoms with Crippen molar-refractivity contribution in [3.05, 3.63) is 196 Å². The molecule has 0 saturated heterocycles. The Hall–Kier alpha value is -9.77. The van der Waals surface area contributed by atoms with E-state index in [1.54, 1.807) is 82.7 Å². The molecule has 8 heterocycles. The third-order valence-corrected chi connectivity index (χ3v) is 16.2. The normalized spacial score (nSPS) is 14.3. The summed E-state index contributed by atoms with van der Waals surface area (Å²) < 4.78 is 58.1. The topological polar surface area (TPSA) is 272 Å². The van der Waals surface area contributed by atoms with Gasteiger partial charge in [-0.05, 0) is 133 Å². The average molecular weight is 1260 g/mol. The van der Waals surface area contributed by atoms with Crippen LogP contribution in [0.1, 0.15) is 157 Å². The maximum Gasteiger partial charge on any atom is 0.359 e. The molecular formula is C69H72F3N7O13. The van der Waals surface area contributed by atoms with Crippen molar-refractivity contribution in [1.82, 2.24) is 29.4 Å². The van der Waals surface area contributed by atoms with Gasteiger partial charge < -0.3 is 48.9 Å². The van der Waals surface area contributed by atoms with E-state index in [1.165, 1.54) is 50.4 Å². The zero-order valence-electron chi connectivity index (χ0n) is 52.8. The minimum absolute atomic E-state index is 0.0312. The summed E-state index contributed by atoms with van der Waals surface area (Å²) >= 11 is 0. The van der Waals surface area contributed by atoms with Crippen LogP contribution in [0.2, 0.25) is 0 Å². The lowest BCUT2D eigenvalue weighted by molar-refractivity contribution is -0.145. The highest BCUT2D eigenvalue weighted by Crippen LogP contribution is 2.47. The van der Waals surface area contributed by atoms with Gasteiger partial charge in [-0.2, -0.15) is 0 Å². The molecule has 4 N–H and O–H groups in total. The summed E-state index contributed by atoms with van der Waals surface area (Å²) in [5.41, 5.74) is 6.34. The minimum atomic E-state index is -0.857. The van der Waals surface area contributed by atoms with Crippen LogP contribution in [0.25, 0.3) is 22.1 Å².